The summed E-state index contributed by atoms with van der Waals surface area (Å²) < 4.78 is 4.71. The molecule has 1 aromatic rings. The first-order chi connectivity index (χ1) is 9.56. The molecule has 0 spiro atoms. The van der Waals surface area contributed by atoms with E-state index in [1.54, 1.807) is 30.2 Å². The van der Waals surface area contributed by atoms with E-state index >= 15 is 0 Å². The lowest BCUT2D eigenvalue weighted by Gasteiger charge is -2.24. The highest BCUT2D eigenvalue weighted by Gasteiger charge is 2.17. The minimum atomic E-state index is -0.470. The Morgan fingerprint density at radius 3 is 2.70 bits per heavy atom. The fraction of sp³-hybridized carbons (Fsp3) is 0.538. The molecule has 0 bridgehead atoms. The van der Waals surface area contributed by atoms with Gasteiger partial charge in [-0.3, -0.25) is 0 Å². The number of nitrogens with one attached hydrogen (secondary N) is 2. The van der Waals surface area contributed by atoms with Gasteiger partial charge in [-0.15, -0.1) is 11.3 Å². The molecule has 3 amide bonds. The standard InChI is InChI=1S/C13H21N3O3S/c1-4-19-13(18)15-8-7-14-12(17)16(3)10(2)11-6-5-9-20-11/h5-6,9-10H,4,7-8H2,1-3H3,(H,14,17)(H,15,18)/t10-/m1/s1. The molecule has 2 N–H and O–H groups in total. The largest absolute Gasteiger partial charge is 0.450 e. The van der Waals surface area contributed by atoms with Gasteiger partial charge in [0.25, 0.3) is 0 Å². The number of alkyl carbamates (subject to hydrolysis) is 1. The summed E-state index contributed by atoms with van der Waals surface area (Å²) in [7, 11) is 1.75. The Labute approximate surface area is 123 Å². The van der Waals surface area contributed by atoms with Gasteiger partial charge in [0.15, 0.2) is 0 Å². The number of hydrogen-bond acceptors (Lipinski definition) is 4. The van der Waals surface area contributed by atoms with Gasteiger partial charge in [0.2, 0.25) is 0 Å². The van der Waals surface area contributed by atoms with Crippen LogP contribution in [0.1, 0.15) is 24.8 Å². The summed E-state index contributed by atoms with van der Waals surface area (Å²) in [5, 5.41) is 7.27. The molecular weight excluding hydrogens is 278 g/mol. The van der Waals surface area contributed by atoms with Crippen LogP contribution in [-0.2, 0) is 4.74 Å². The zero-order chi connectivity index (χ0) is 15.0. The smallest absolute Gasteiger partial charge is 0.407 e. The van der Waals surface area contributed by atoms with E-state index in [0.717, 1.165) is 4.88 Å². The molecule has 1 aromatic heterocycles. The molecule has 0 aliphatic rings. The lowest BCUT2D eigenvalue weighted by molar-refractivity contribution is 0.152. The molecular formula is C13H21N3O3S. The van der Waals surface area contributed by atoms with Crippen molar-refractivity contribution in [3.8, 4) is 0 Å². The molecule has 7 heteroatoms. The number of carbonyl (C=O) groups excluding carboxylic acids is 2. The molecule has 112 valence electrons. The number of carbonyl (C=O) groups is 2. The average Bonchev–Trinajstić information content (AvgIpc) is 2.96. The first kappa shape index (κ1) is 16.3. The predicted molar refractivity (Wildman–Crippen MR) is 78.9 cm³/mol. The molecule has 6 nitrogen and oxygen atoms in total. The molecule has 0 saturated heterocycles. The molecule has 0 fully saturated rings. The Morgan fingerprint density at radius 2 is 2.10 bits per heavy atom. The second-order valence-corrected chi connectivity index (χ2v) is 5.16. The van der Waals surface area contributed by atoms with E-state index < -0.39 is 6.09 Å². The Morgan fingerprint density at radius 1 is 1.40 bits per heavy atom. The highest BCUT2D eigenvalue weighted by molar-refractivity contribution is 7.10. The number of nitrogens with zero attached hydrogens (tertiary/aromatic N) is 1. The fourth-order valence-electron chi connectivity index (χ4n) is 1.54. The van der Waals surface area contributed by atoms with Gasteiger partial charge in [0.1, 0.15) is 0 Å². The fourth-order valence-corrected chi connectivity index (χ4v) is 2.36. The van der Waals surface area contributed by atoms with Gasteiger partial charge in [-0.05, 0) is 25.3 Å². The van der Waals surface area contributed by atoms with Gasteiger partial charge in [0, 0.05) is 25.0 Å². The van der Waals surface area contributed by atoms with Crippen LogP contribution in [0.5, 0.6) is 0 Å². The Kier molecular flexibility index (Phi) is 6.86. The number of thiophene rings is 1. The van der Waals surface area contributed by atoms with Crippen molar-refractivity contribution < 1.29 is 14.3 Å². The minimum Gasteiger partial charge on any atom is -0.450 e. The van der Waals surface area contributed by atoms with Crippen LogP contribution in [0.2, 0.25) is 0 Å². The monoisotopic (exact) mass is 299 g/mol. The summed E-state index contributed by atoms with van der Waals surface area (Å²) in [6.45, 7) is 4.74. The third kappa shape index (κ3) is 5.08. The van der Waals surface area contributed by atoms with Gasteiger partial charge < -0.3 is 20.3 Å². The van der Waals surface area contributed by atoms with E-state index in [2.05, 4.69) is 10.6 Å². The third-order valence-corrected chi connectivity index (χ3v) is 3.84. The van der Waals surface area contributed by atoms with Gasteiger partial charge in [0.05, 0.1) is 12.6 Å². The Bertz CT molecular complexity index is 423. The molecule has 1 rings (SSSR count). The van der Waals surface area contributed by atoms with E-state index in [1.807, 2.05) is 24.4 Å². The highest BCUT2D eigenvalue weighted by Crippen LogP contribution is 2.23. The van der Waals surface area contributed by atoms with E-state index in [-0.39, 0.29) is 12.1 Å². The zero-order valence-corrected chi connectivity index (χ0v) is 12.8. The van der Waals surface area contributed by atoms with E-state index in [0.29, 0.717) is 19.7 Å². The van der Waals surface area contributed by atoms with Crippen LogP contribution < -0.4 is 10.6 Å². The van der Waals surface area contributed by atoms with Crippen LogP contribution in [0, 0.1) is 0 Å². The SMILES string of the molecule is CCOC(=O)NCCNC(=O)N(C)[C@H](C)c1cccs1. The summed E-state index contributed by atoms with van der Waals surface area (Å²) in [5.41, 5.74) is 0. The van der Waals surface area contributed by atoms with Crippen LogP contribution >= 0.6 is 11.3 Å². The van der Waals surface area contributed by atoms with Crippen molar-refractivity contribution in [1.29, 1.82) is 0 Å². The molecule has 0 saturated carbocycles. The topological polar surface area (TPSA) is 70.7 Å². The van der Waals surface area contributed by atoms with Crippen molar-refractivity contribution in [1.82, 2.24) is 15.5 Å². The second-order valence-electron chi connectivity index (χ2n) is 4.18. The maximum Gasteiger partial charge on any atom is 0.407 e. The summed E-state index contributed by atoms with van der Waals surface area (Å²) in [6, 6.07) is 3.82. The number of ether oxygens (including phenoxy) is 1. The van der Waals surface area contributed by atoms with Crippen molar-refractivity contribution in [2.75, 3.05) is 26.7 Å². The molecule has 0 aromatic carbocycles. The van der Waals surface area contributed by atoms with Crippen molar-refractivity contribution >= 4 is 23.5 Å². The quantitative estimate of drug-likeness (QED) is 0.791. The normalized spacial score (nSPS) is 11.6. The lowest BCUT2D eigenvalue weighted by atomic mass is 10.2. The summed E-state index contributed by atoms with van der Waals surface area (Å²) in [5.74, 6) is 0. The van der Waals surface area contributed by atoms with Gasteiger partial charge in [-0.2, -0.15) is 0 Å². The maximum atomic E-state index is 11.9. The van der Waals surface area contributed by atoms with Crippen LogP contribution in [0.25, 0.3) is 0 Å². The highest BCUT2D eigenvalue weighted by atomic mass is 32.1. The van der Waals surface area contributed by atoms with Crippen molar-refractivity contribution in [2.24, 2.45) is 0 Å². The van der Waals surface area contributed by atoms with Crippen molar-refractivity contribution in [3.63, 3.8) is 0 Å². The molecule has 0 aliphatic heterocycles. The number of amides is 3. The average molecular weight is 299 g/mol. The molecule has 20 heavy (non-hydrogen) atoms. The number of hydrogen-bond donors (Lipinski definition) is 2. The van der Waals surface area contributed by atoms with Crippen LogP contribution in [0.15, 0.2) is 17.5 Å². The van der Waals surface area contributed by atoms with E-state index in [9.17, 15) is 9.59 Å². The second kappa shape index (κ2) is 8.42. The Balaban J connectivity index is 2.27. The lowest BCUT2D eigenvalue weighted by Crippen LogP contribution is -2.42. The van der Waals surface area contributed by atoms with E-state index in [4.69, 9.17) is 4.74 Å². The summed E-state index contributed by atoms with van der Waals surface area (Å²) in [4.78, 5) is 25.7. The molecule has 0 aliphatic carbocycles. The van der Waals surface area contributed by atoms with Crippen LogP contribution in [0.4, 0.5) is 9.59 Å². The first-order valence-electron chi connectivity index (χ1n) is 6.51. The predicted octanol–water partition coefficient (Wildman–Crippen LogP) is 2.20. The zero-order valence-electron chi connectivity index (χ0n) is 12.0. The summed E-state index contributed by atoms with van der Waals surface area (Å²) in [6.07, 6.45) is -0.470. The van der Waals surface area contributed by atoms with Gasteiger partial charge >= 0.3 is 12.1 Å². The third-order valence-electron chi connectivity index (χ3n) is 2.80. The van der Waals surface area contributed by atoms with Gasteiger partial charge in [-0.1, -0.05) is 6.07 Å². The molecule has 1 atom stereocenters. The van der Waals surface area contributed by atoms with Crippen molar-refractivity contribution in [2.45, 2.75) is 19.9 Å². The van der Waals surface area contributed by atoms with Crippen molar-refractivity contribution in [3.05, 3.63) is 22.4 Å². The molecule has 0 unspecified atom stereocenters. The number of urea groups is 1. The van der Waals surface area contributed by atoms with Crippen LogP contribution in [0.3, 0.4) is 0 Å². The van der Waals surface area contributed by atoms with Crippen LogP contribution in [-0.4, -0.2) is 43.8 Å². The summed E-state index contributed by atoms with van der Waals surface area (Å²) >= 11 is 1.62. The maximum absolute atomic E-state index is 11.9. The Hall–Kier alpha value is -1.76. The number of rotatable bonds is 6. The van der Waals surface area contributed by atoms with Gasteiger partial charge in [-0.25, -0.2) is 9.59 Å². The van der Waals surface area contributed by atoms with E-state index in [1.165, 1.54) is 0 Å². The molecule has 1 heterocycles. The minimum absolute atomic E-state index is 0.0213. The molecule has 0 radical (unpaired) electrons. The first-order valence-corrected chi connectivity index (χ1v) is 7.39.